The van der Waals surface area contributed by atoms with Gasteiger partial charge in [-0.1, -0.05) is 0 Å². The van der Waals surface area contributed by atoms with Gasteiger partial charge in [-0.3, -0.25) is 20.0 Å². The number of amides is 1. The molecule has 0 radical (unpaired) electrons. The van der Waals surface area contributed by atoms with Crippen LogP contribution >= 0.6 is 0 Å². The van der Waals surface area contributed by atoms with Crippen molar-refractivity contribution in [2.75, 3.05) is 25.1 Å². The van der Waals surface area contributed by atoms with Crippen LogP contribution in [0.5, 0.6) is 0 Å². The standard InChI is InChI=1S/C12H15N3O2/c1-13-8-11(16)9-2-4-10(5-3-9)15-7-6-12(17)14-15/h2-5,13H,6-8H2,1H3,(H,14,17). The van der Waals surface area contributed by atoms with Gasteiger partial charge in [0, 0.05) is 18.5 Å². The Hall–Kier alpha value is -1.88. The van der Waals surface area contributed by atoms with Crippen molar-refractivity contribution in [2.24, 2.45) is 0 Å². The van der Waals surface area contributed by atoms with Gasteiger partial charge in [0.25, 0.3) is 0 Å². The minimum Gasteiger partial charge on any atom is -0.313 e. The molecule has 0 bridgehead atoms. The van der Waals surface area contributed by atoms with E-state index in [-0.39, 0.29) is 11.7 Å². The lowest BCUT2D eigenvalue weighted by Gasteiger charge is -2.17. The van der Waals surface area contributed by atoms with Gasteiger partial charge in [-0.05, 0) is 31.3 Å². The fourth-order valence-corrected chi connectivity index (χ4v) is 1.76. The summed E-state index contributed by atoms with van der Waals surface area (Å²) in [5.74, 6) is 0.0878. The molecule has 1 heterocycles. The van der Waals surface area contributed by atoms with Crippen LogP contribution in [0.1, 0.15) is 16.8 Å². The molecule has 2 rings (SSSR count). The smallest absolute Gasteiger partial charge is 0.240 e. The van der Waals surface area contributed by atoms with Gasteiger partial charge in [0.1, 0.15) is 0 Å². The van der Waals surface area contributed by atoms with Crippen molar-refractivity contribution in [1.82, 2.24) is 10.7 Å². The maximum absolute atomic E-state index is 11.6. The fraction of sp³-hybridized carbons (Fsp3) is 0.333. The lowest BCUT2D eigenvalue weighted by Crippen LogP contribution is -2.32. The summed E-state index contributed by atoms with van der Waals surface area (Å²) in [6, 6.07) is 7.24. The van der Waals surface area contributed by atoms with Gasteiger partial charge in [0.15, 0.2) is 5.78 Å². The number of carbonyl (C=O) groups is 2. The Morgan fingerprint density at radius 2 is 2.12 bits per heavy atom. The Kier molecular flexibility index (Phi) is 3.39. The van der Waals surface area contributed by atoms with Gasteiger partial charge in [-0.25, -0.2) is 0 Å². The van der Waals surface area contributed by atoms with Crippen molar-refractivity contribution in [3.05, 3.63) is 29.8 Å². The zero-order valence-corrected chi connectivity index (χ0v) is 9.69. The van der Waals surface area contributed by atoms with E-state index in [1.807, 2.05) is 12.1 Å². The second kappa shape index (κ2) is 4.97. The SMILES string of the molecule is CNCC(=O)c1ccc(N2CCC(=O)N2)cc1. The minimum absolute atomic E-state index is 0.0281. The molecular formula is C12H15N3O2. The lowest BCUT2D eigenvalue weighted by molar-refractivity contribution is -0.119. The third-order valence-electron chi connectivity index (χ3n) is 2.66. The van der Waals surface area contributed by atoms with Crippen LogP contribution in [0.25, 0.3) is 0 Å². The summed E-state index contributed by atoms with van der Waals surface area (Å²) < 4.78 is 0. The first-order chi connectivity index (χ1) is 8.20. The van der Waals surface area contributed by atoms with E-state index in [9.17, 15) is 9.59 Å². The number of nitrogens with zero attached hydrogens (tertiary/aromatic N) is 1. The molecule has 0 unspecified atom stereocenters. The average molecular weight is 233 g/mol. The number of likely N-dealkylation sites (N-methyl/N-ethyl adjacent to an activating group) is 1. The van der Waals surface area contributed by atoms with E-state index in [0.29, 0.717) is 25.1 Å². The third kappa shape index (κ3) is 2.62. The number of ketones is 1. The minimum atomic E-state index is 0.0281. The van der Waals surface area contributed by atoms with Crippen LogP contribution in [0.3, 0.4) is 0 Å². The summed E-state index contributed by atoms with van der Waals surface area (Å²) in [5, 5.41) is 4.61. The first kappa shape index (κ1) is 11.6. The molecule has 1 saturated heterocycles. The van der Waals surface area contributed by atoms with E-state index in [1.54, 1.807) is 24.2 Å². The fourth-order valence-electron chi connectivity index (χ4n) is 1.76. The molecule has 1 aliphatic heterocycles. The van der Waals surface area contributed by atoms with Gasteiger partial charge >= 0.3 is 0 Å². The molecule has 2 N–H and O–H groups in total. The summed E-state index contributed by atoms with van der Waals surface area (Å²) >= 11 is 0. The monoisotopic (exact) mass is 233 g/mol. The molecule has 0 atom stereocenters. The van der Waals surface area contributed by atoms with Gasteiger partial charge in [-0.15, -0.1) is 0 Å². The van der Waals surface area contributed by atoms with Crippen molar-refractivity contribution >= 4 is 17.4 Å². The van der Waals surface area contributed by atoms with E-state index in [0.717, 1.165) is 5.69 Å². The lowest BCUT2D eigenvalue weighted by atomic mass is 10.1. The van der Waals surface area contributed by atoms with Crippen molar-refractivity contribution in [3.8, 4) is 0 Å². The average Bonchev–Trinajstić information content (AvgIpc) is 2.76. The third-order valence-corrected chi connectivity index (χ3v) is 2.66. The van der Waals surface area contributed by atoms with Crippen molar-refractivity contribution < 1.29 is 9.59 Å². The highest BCUT2D eigenvalue weighted by Gasteiger charge is 2.18. The summed E-state index contributed by atoms with van der Waals surface area (Å²) in [6.45, 7) is 1.00. The normalized spacial score (nSPS) is 14.9. The molecule has 0 saturated carbocycles. The van der Waals surface area contributed by atoms with Crippen LogP contribution in [0.4, 0.5) is 5.69 Å². The van der Waals surface area contributed by atoms with Crippen LogP contribution in [0.15, 0.2) is 24.3 Å². The van der Waals surface area contributed by atoms with Crippen molar-refractivity contribution in [2.45, 2.75) is 6.42 Å². The Morgan fingerprint density at radius 3 is 2.65 bits per heavy atom. The molecule has 1 amide bonds. The van der Waals surface area contributed by atoms with Gasteiger partial charge in [0.2, 0.25) is 5.91 Å². The number of benzene rings is 1. The Morgan fingerprint density at radius 1 is 1.41 bits per heavy atom. The van der Waals surface area contributed by atoms with Crippen molar-refractivity contribution in [1.29, 1.82) is 0 Å². The second-order valence-electron chi connectivity index (χ2n) is 3.94. The first-order valence-electron chi connectivity index (χ1n) is 5.55. The molecular weight excluding hydrogens is 218 g/mol. The molecule has 0 aromatic heterocycles. The topological polar surface area (TPSA) is 61.4 Å². The zero-order chi connectivity index (χ0) is 12.3. The highest BCUT2D eigenvalue weighted by Crippen LogP contribution is 2.16. The van der Waals surface area contributed by atoms with Crippen LogP contribution in [0, 0.1) is 0 Å². The number of anilines is 1. The van der Waals surface area contributed by atoms with Crippen LogP contribution in [-0.2, 0) is 4.79 Å². The molecule has 5 heteroatoms. The second-order valence-corrected chi connectivity index (χ2v) is 3.94. The molecule has 1 aromatic rings. The molecule has 0 aliphatic carbocycles. The zero-order valence-electron chi connectivity index (χ0n) is 9.69. The highest BCUT2D eigenvalue weighted by atomic mass is 16.2. The Bertz CT molecular complexity index is 428. The number of hydrogen-bond acceptors (Lipinski definition) is 4. The number of hydrazine groups is 1. The summed E-state index contributed by atoms with van der Waals surface area (Å²) in [7, 11) is 1.74. The van der Waals surface area contributed by atoms with E-state index >= 15 is 0 Å². The maximum Gasteiger partial charge on any atom is 0.240 e. The van der Waals surface area contributed by atoms with Gasteiger partial charge < -0.3 is 5.32 Å². The number of Topliss-reactive ketones (excluding diaryl/α,β-unsaturated/α-hetero) is 1. The molecule has 0 spiro atoms. The Labute approximate surface area is 99.8 Å². The van der Waals surface area contributed by atoms with Crippen molar-refractivity contribution in [3.63, 3.8) is 0 Å². The molecule has 1 fully saturated rings. The van der Waals surface area contributed by atoms with Gasteiger partial charge in [0.05, 0.1) is 12.2 Å². The van der Waals surface area contributed by atoms with E-state index < -0.39 is 0 Å². The predicted octanol–water partition coefficient (Wildman–Crippen LogP) is 0.330. The van der Waals surface area contributed by atoms with E-state index in [1.165, 1.54) is 0 Å². The van der Waals surface area contributed by atoms with Crippen LogP contribution < -0.4 is 15.8 Å². The molecule has 1 aliphatic rings. The van der Waals surface area contributed by atoms with Crippen LogP contribution in [-0.4, -0.2) is 31.8 Å². The first-order valence-corrected chi connectivity index (χ1v) is 5.55. The molecule has 90 valence electrons. The summed E-state index contributed by atoms with van der Waals surface area (Å²) in [5.41, 5.74) is 4.32. The number of rotatable bonds is 4. The Balaban J connectivity index is 2.07. The van der Waals surface area contributed by atoms with Crippen LogP contribution in [0.2, 0.25) is 0 Å². The highest BCUT2D eigenvalue weighted by molar-refractivity contribution is 5.97. The summed E-state index contributed by atoms with van der Waals surface area (Å²) in [4.78, 5) is 22.7. The number of nitrogens with one attached hydrogen (secondary N) is 2. The van der Waals surface area contributed by atoms with E-state index in [4.69, 9.17) is 0 Å². The largest absolute Gasteiger partial charge is 0.313 e. The summed E-state index contributed by atoms with van der Waals surface area (Å²) in [6.07, 6.45) is 0.514. The molecule has 17 heavy (non-hydrogen) atoms. The van der Waals surface area contributed by atoms with Gasteiger partial charge in [-0.2, -0.15) is 0 Å². The number of hydrogen-bond donors (Lipinski definition) is 2. The quantitative estimate of drug-likeness (QED) is 0.736. The molecule has 1 aromatic carbocycles. The number of carbonyl (C=O) groups excluding carboxylic acids is 2. The predicted molar refractivity (Wildman–Crippen MR) is 64.8 cm³/mol. The maximum atomic E-state index is 11.6. The molecule has 5 nitrogen and oxygen atoms in total. The van der Waals surface area contributed by atoms with E-state index in [2.05, 4.69) is 10.7 Å².